The van der Waals surface area contributed by atoms with E-state index in [9.17, 15) is 0 Å². The van der Waals surface area contributed by atoms with Crippen LogP contribution in [-0.2, 0) is 13.1 Å². The van der Waals surface area contributed by atoms with Crippen molar-refractivity contribution in [1.82, 2.24) is 14.9 Å². The van der Waals surface area contributed by atoms with E-state index in [1.807, 2.05) is 6.20 Å². The molecule has 0 radical (unpaired) electrons. The number of hydrogen-bond donors (Lipinski definition) is 1. The van der Waals surface area contributed by atoms with Gasteiger partial charge in [0.25, 0.3) is 0 Å². The number of fused-ring (bicyclic) bond motifs is 1. The van der Waals surface area contributed by atoms with Gasteiger partial charge in [-0.25, -0.2) is 4.98 Å². The molecule has 0 saturated carbocycles. The molecule has 0 atom stereocenters. The Morgan fingerprint density at radius 2 is 2.38 bits per heavy atom. The summed E-state index contributed by atoms with van der Waals surface area (Å²) in [5, 5.41) is 3.37. The van der Waals surface area contributed by atoms with Gasteiger partial charge < -0.3 is 9.88 Å². The molecule has 1 aromatic heterocycles. The van der Waals surface area contributed by atoms with Crippen LogP contribution >= 0.6 is 0 Å². The first-order valence-electron chi connectivity index (χ1n) is 5.04. The highest BCUT2D eigenvalue weighted by atomic mass is 15.1. The van der Waals surface area contributed by atoms with Gasteiger partial charge in [0.15, 0.2) is 0 Å². The van der Waals surface area contributed by atoms with Gasteiger partial charge in [-0.3, -0.25) is 0 Å². The number of nitrogens with zero attached hydrogens (tertiary/aromatic N) is 2. The van der Waals surface area contributed by atoms with Gasteiger partial charge in [0.2, 0.25) is 0 Å². The van der Waals surface area contributed by atoms with Crippen LogP contribution in [0.25, 0.3) is 0 Å². The molecule has 0 amide bonds. The Balaban J connectivity index is 2.34. The highest BCUT2D eigenvalue weighted by Gasteiger charge is 2.13. The van der Waals surface area contributed by atoms with Crippen LogP contribution < -0.4 is 5.32 Å². The number of rotatable bonds is 1. The molecule has 2 rings (SSSR count). The average Bonchev–Trinajstić information content (AvgIpc) is 2.36. The summed E-state index contributed by atoms with van der Waals surface area (Å²) in [5.41, 5.74) is 1.37. The quantitative estimate of drug-likeness (QED) is 0.708. The van der Waals surface area contributed by atoms with Crippen LogP contribution in [0.2, 0.25) is 0 Å². The molecule has 13 heavy (non-hydrogen) atoms. The second-order valence-corrected chi connectivity index (χ2v) is 3.94. The fraction of sp³-hybridized carbons (Fsp3) is 0.700. The topological polar surface area (TPSA) is 29.9 Å². The minimum Gasteiger partial charge on any atom is -0.331 e. The second kappa shape index (κ2) is 3.50. The van der Waals surface area contributed by atoms with Crippen molar-refractivity contribution in [2.45, 2.75) is 39.3 Å². The zero-order chi connectivity index (χ0) is 9.26. The Morgan fingerprint density at radius 3 is 3.15 bits per heavy atom. The van der Waals surface area contributed by atoms with Crippen molar-refractivity contribution in [3.8, 4) is 0 Å². The van der Waals surface area contributed by atoms with Gasteiger partial charge in [0.05, 0.1) is 6.54 Å². The summed E-state index contributed by atoms with van der Waals surface area (Å²) in [5.74, 6) is 1.78. The number of aromatic nitrogens is 2. The molecule has 1 aliphatic heterocycles. The molecule has 0 spiro atoms. The third-order valence-electron chi connectivity index (χ3n) is 2.58. The van der Waals surface area contributed by atoms with Crippen molar-refractivity contribution in [3.63, 3.8) is 0 Å². The predicted molar refractivity (Wildman–Crippen MR) is 52.6 cm³/mol. The smallest absolute Gasteiger partial charge is 0.122 e. The summed E-state index contributed by atoms with van der Waals surface area (Å²) in [6.45, 7) is 7.61. The lowest BCUT2D eigenvalue weighted by molar-refractivity contribution is 0.607. The van der Waals surface area contributed by atoms with Crippen LogP contribution in [0.5, 0.6) is 0 Å². The van der Waals surface area contributed by atoms with E-state index in [-0.39, 0.29) is 0 Å². The van der Waals surface area contributed by atoms with Crippen LogP contribution in [0.1, 0.15) is 37.7 Å². The lowest BCUT2D eigenvalue weighted by Gasteiger charge is -2.10. The monoisotopic (exact) mass is 179 g/mol. The third-order valence-corrected chi connectivity index (χ3v) is 2.58. The van der Waals surface area contributed by atoms with E-state index >= 15 is 0 Å². The predicted octanol–water partition coefficient (Wildman–Crippen LogP) is 1.50. The lowest BCUT2D eigenvalue weighted by Crippen LogP contribution is -2.12. The Kier molecular flexibility index (Phi) is 2.36. The van der Waals surface area contributed by atoms with Crippen molar-refractivity contribution in [3.05, 3.63) is 17.7 Å². The summed E-state index contributed by atoms with van der Waals surface area (Å²) in [4.78, 5) is 4.44. The molecule has 2 heterocycles. The zero-order valence-corrected chi connectivity index (χ0v) is 8.38. The van der Waals surface area contributed by atoms with E-state index < -0.39 is 0 Å². The number of hydrogen-bond acceptors (Lipinski definition) is 2. The minimum atomic E-state index is 0.583. The first kappa shape index (κ1) is 8.75. The second-order valence-electron chi connectivity index (χ2n) is 3.94. The molecule has 3 nitrogen and oxygen atoms in total. The van der Waals surface area contributed by atoms with E-state index in [0.29, 0.717) is 5.92 Å². The summed E-state index contributed by atoms with van der Waals surface area (Å²) in [7, 11) is 0. The van der Waals surface area contributed by atoms with Crippen LogP contribution in [0.15, 0.2) is 6.20 Å². The zero-order valence-electron chi connectivity index (χ0n) is 8.38. The molecule has 1 aromatic rings. The normalized spacial score (nSPS) is 17.2. The fourth-order valence-corrected chi connectivity index (χ4v) is 1.85. The van der Waals surface area contributed by atoms with Crippen molar-refractivity contribution < 1.29 is 0 Å². The van der Waals surface area contributed by atoms with Crippen LogP contribution in [0.4, 0.5) is 0 Å². The molecular formula is C10H17N3. The van der Waals surface area contributed by atoms with E-state index in [1.165, 1.54) is 17.9 Å². The van der Waals surface area contributed by atoms with Crippen LogP contribution in [0.3, 0.4) is 0 Å². The largest absolute Gasteiger partial charge is 0.331 e. The molecule has 0 fully saturated rings. The van der Waals surface area contributed by atoms with E-state index in [1.54, 1.807) is 0 Å². The van der Waals surface area contributed by atoms with Gasteiger partial charge >= 0.3 is 0 Å². The molecule has 1 aliphatic rings. The Hall–Kier alpha value is -0.830. The van der Waals surface area contributed by atoms with Crippen molar-refractivity contribution in [2.24, 2.45) is 0 Å². The molecule has 0 unspecified atom stereocenters. The molecular weight excluding hydrogens is 162 g/mol. The summed E-state index contributed by atoms with van der Waals surface area (Å²) >= 11 is 0. The van der Waals surface area contributed by atoms with Crippen molar-refractivity contribution in [2.75, 3.05) is 6.54 Å². The lowest BCUT2D eigenvalue weighted by atomic mass is 10.1. The van der Waals surface area contributed by atoms with Crippen LogP contribution in [-0.4, -0.2) is 16.1 Å². The van der Waals surface area contributed by atoms with Crippen molar-refractivity contribution in [1.29, 1.82) is 0 Å². The molecule has 0 aromatic carbocycles. The minimum absolute atomic E-state index is 0.583. The molecule has 1 N–H and O–H groups in total. The Morgan fingerprint density at radius 1 is 1.54 bits per heavy atom. The maximum atomic E-state index is 4.44. The van der Waals surface area contributed by atoms with Gasteiger partial charge in [0.1, 0.15) is 5.82 Å². The molecule has 72 valence electrons. The average molecular weight is 179 g/mol. The first-order valence-corrected chi connectivity index (χ1v) is 5.04. The van der Waals surface area contributed by atoms with E-state index in [4.69, 9.17) is 0 Å². The molecule has 0 bridgehead atoms. The fourth-order valence-electron chi connectivity index (χ4n) is 1.85. The number of imidazole rings is 1. The summed E-state index contributed by atoms with van der Waals surface area (Å²) in [6.07, 6.45) is 3.23. The standard InChI is InChI=1S/C10H17N3/c1-8(2)9-6-12-10-7-11-4-3-5-13(9)10/h6,8,11H,3-5,7H2,1-2H3. The van der Waals surface area contributed by atoms with Crippen LogP contribution in [0, 0.1) is 0 Å². The SMILES string of the molecule is CC(C)c1cnc2n1CCCNC2. The van der Waals surface area contributed by atoms with Gasteiger partial charge in [-0.1, -0.05) is 13.8 Å². The van der Waals surface area contributed by atoms with Gasteiger partial charge in [0, 0.05) is 18.4 Å². The summed E-state index contributed by atoms with van der Waals surface area (Å²) < 4.78 is 2.37. The summed E-state index contributed by atoms with van der Waals surface area (Å²) in [6, 6.07) is 0. The van der Waals surface area contributed by atoms with E-state index in [2.05, 4.69) is 28.7 Å². The highest BCUT2D eigenvalue weighted by molar-refractivity contribution is 5.10. The van der Waals surface area contributed by atoms with Crippen molar-refractivity contribution >= 4 is 0 Å². The van der Waals surface area contributed by atoms with Gasteiger partial charge in [-0.2, -0.15) is 0 Å². The van der Waals surface area contributed by atoms with E-state index in [0.717, 1.165) is 19.6 Å². The molecule has 3 heteroatoms. The highest BCUT2D eigenvalue weighted by Crippen LogP contribution is 2.17. The maximum Gasteiger partial charge on any atom is 0.122 e. The first-order chi connectivity index (χ1) is 6.29. The third kappa shape index (κ3) is 1.61. The number of nitrogens with one attached hydrogen (secondary N) is 1. The van der Waals surface area contributed by atoms with Gasteiger partial charge in [-0.05, 0) is 18.9 Å². The molecule has 0 aliphatic carbocycles. The van der Waals surface area contributed by atoms with Gasteiger partial charge in [-0.15, -0.1) is 0 Å². The maximum absolute atomic E-state index is 4.44. The Bertz CT molecular complexity index is 288. The molecule has 0 saturated heterocycles. The Labute approximate surface area is 79.2 Å².